The van der Waals surface area contributed by atoms with E-state index in [1.165, 1.54) is 29.2 Å². The van der Waals surface area contributed by atoms with Gasteiger partial charge in [0.25, 0.3) is 0 Å². The number of anilines is 2. The van der Waals surface area contributed by atoms with Crippen molar-refractivity contribution in [2.75, 3.05) is 4.90 Å². The highest BCUT2D eigenvalue weighted by atomic mass is 79.9. The fraction of sp³-hybridized carbons (Fsp3) is 0.0500. The number of aromatic nitrogens is 1. The normalized spacial score (nSPS) is 10.9. The molecule has 0 aliphatic rings. The minimum atomic E-state index is -0.173. The Bertz CT molecular complexity index is 1010. The van der Waals surface area contributed by atoms with Gasteiger partial charge in [0.05, 0.1) is 11.4 Å². The quantitative estimate of drug-likeness (QED) is 0.339. The molecule has 0 aliphatic carbocycles. The lowest BCUT2D eigenvalue weighted by Crippen LogP contribution is -2.22. The number of halogens is 2. The maximum Gasteiger partial charge on any atom is 0.230 e. The van der Waals surface area contributed by atoms with Crippen molar-refractivity contribution in [2.45, 2.75) is 6.92 Å². The summed E-state index contributed by atoms with van der Waals surface area (Å²) in [6.07, 6.45) is 3.11. The van der Waals surface area contributed by atoms with E-state index in [4.69, 9.17) is 11.6 Å². The third kappa shape index (κ3) is 4.91. The third-order valence-electron chi connectivity index (χ3n) is 3.62. The lowest BCUT2D eigenvalue weighted by Gasteiger charge is -2.18. The summed E-state index contributed by atoms with van der Waals surface area (Å²) >= 11 is 10.7. The number of hydrogen-bond acceptors (Lipinski definition) is 4. The molecule has 0 radical (unpaired) electrons. The molecule has 0 aliphatic heterocycles. The molecule has 0 saturated heterocycles. The second-order valence-electron chi connectivity index (χ2n) is 5.59. The minimum absolute atomic E-state index is 0.115. The molecular weight excluding hydrogens is 448 g/mol. The summed E-state index contributed by atoms with van der Waals surface area (Å²) in [5, 5.41) is 2.84. The van der Waals surface area contributed by atoms with Crippen LogP contribution in [0.4, 0.5) is 10.8 Å². The van der Waals surface area contributed by atoms with Crippen molar-refractivity contribution >= 4 is 67.5 Å². The number of hydrogen-bond donors (Lipinski definition) is 0. The van der Waals surface area contributed by atoms with E-state index in [0.717, 1.165) is 4.47 Å². The molecule has 3 rings (SSSR count). The summed E-state index contributed by atoms with van der Waals surface area (Å²) in [5.74, 6) is -0.289. The molecule has 0 bridgehead atoms. The molecule has 1 heterocycles. The number of carbonyl (C=O) groups excluding carboxylic acids is 2. The largest absolute Gasteiger partial charge is 0.289 e. The van der Waals surface area contributed by atoms with Crippen LogP contribution in [0.15, 0.2) is 64.5 Å². The molecule has 3 aromatic rings. The number of amides is 1. The van der Waals surface area contributed by atoms with Gasteiger partial charge >= 0.3 is 0 Å². The molecule has 1 amide bonds. The molecule has 0 unspecified atom stereocenters. The number of nitrogens with zero attached hydrogens (tertiary/aromatic N) is 2. The zero-order valence-electron chi connectivity index (χ0n) is 14.2. The van der Waals surface area contributed by atoms with E-state index >= 15 is 0 Å². The van der Waals surface area contributed by atoms with E-state index in [0.29, 0.717) is 27.1 Å². The zero-order valence-corrected chi connectivity index (χ0v) is 17.4. The van der Waals surface area contributed by atoms with E-state index < -0.39 is 0 Å². The average Bonchev–Trinajstić information content (AvgIpc) is 3.08. The van der Waals surface area contributed by atoms with Crippen LogP contribution < -0.4 is 4.90 Å². The molecule has 136 valence electrons. The summed E-state index contributed by atoms with van der Waals surface area (Å²) in [4.78, 5) is 30.3. The van der Waals surface area contributed by atoms with Gasteiger partial charge in [0.2, 0.25) is 5.91 Å². The van der Waals surface area contributed by atoms with E-state index in [2.05, 4.69) is 20.9 Å². The first-order chi connectivity index (χ1) is 12.9. The van der Waals surface area contributed by atoms with Gasteiger partial charge in [0.15, 0.2) is 10.9 Å². The Balaban J connectivity index is 1.81. The molecular formula is C20H14BrClN2O2S. The molecule has 27 heavy (non-hydrogen) atoms. The van der Waals surface area contributed by atoms with Gasteiger partial charge in [-0.1, -0.05) is 33.6 Å². The Kier molecular flexibility index (Phi) is 6.21. The highest BCUT2D eigenvalue weighted by Crippen LogP contribution is 2.30. The number of benzene rings is 2. The van der Waals surface area contributed by atoms with E-state index in [1.807, 2.05) is 12.1 Å². The summed E-state index contributed by atoms with van der Waals surface area (Å²) < 4.78 is 0.914. The van der Waals surface area contributed by atoms with Gasteiger partial charge in [-0.2, -0.15) is 0 Å². The number of allylic oxidation sites excluding steroid dienone is 1. The van der Waals surface area contributed by atoms with Crippen LogP contribution in [0.3, 0.4) is 0 Å². The lowest BCUT2D eigenvalue weighted by atomic mass is 10.1. The van der Waals surface area contributed by atoms with Crippen molar-refractivity contribution in [1.82, 2.24) is 4.98 Å². The molecule has 2 aromatic carbocycles. The molecule has 1 aromatic heterocycles. The summed E-state index contributed by atoms with van der Waals surface area (Å²) in [6.45, 7) is 1.47. The first kappa shape index (κ1) is 19.5. The van der Waals surface area contributed by atoms with Crippen LogP contribution in [-0.2, 0) is 4.79 Å². The Morgan fingerprint density at radius 1 is 1.19 bits per heavy atom. The molecule has 0 N–H and O–H groups in total. The van der Waals surface area contributed by atoms with Gasteiger partial charge in [-0.3, -0.25) is 14.5 Å². The number of carbonyl (C=O) groups is 2. The van der Waals surface area contributed by atoms with Gasteiger partial charge in [0, 0.05) is 27.4 Å². The topological polar surface area (TPSA) is 50.3 Å². The SMILES string of the molecule is CC(=O)N(c1cccc(Cl)c1)c1nc(/C=C/C(=O)c2ccc(Br)cc2)cs1. The van der Waals surface area contributed by atoms with E-state index in [-0.39, 0.29) is 11.7 Å². The standard InChI is InChI=1S/C20H14BrClN2O2S/c1-13(25)24(18-4-2-3-16(22)11-18)20-23-17(12-27-20)9-10-19(26)14-5-7-15(21)8-6-14/h2-12H,1H3/b10-9+. The second kappa shape index (κ2) is 8.61. The Morgan fingerprint density at radius 3 is 2.59 bits per heavy atom. The van der Waals surface area contributed by atoms with Crippen molar-refractivity contribution < 1.29 is 9.59 Å². The molecule has 0 spiro atoms. The van der Waals surface area contributed by atoms with Crippen LogP contribution in [0.5, 0.6) is 0 Å². The molecule has 0 atom stereocenters. The fourth-order valence-electron chi connectivity index (χ4n) is 2.37. The van der Waals surface area contributed by atoms with Crippen molar-refractivity contribution in [2.24, 2.45) is 0 Å². The molecule has 0 fully saturated rings. The van der Waals surface area contributed by atoms with Crippen LogP contribution in [0.2, 0.25) is 5.02 Å². The highest BCUT2D eigenvalue weighted by molar-refractivity contribution is 9.10. The monoisotopic (exact) mass is 460 g/mol. The van der Waals surface area contributed by atoms with Gasteiger partial charge in [-0.05, 0) is 54.6 Å². The first-order valence-electron chi connectivity index (χ1n) is 7.94. The van der Waals surface area contributed by atoms with E-state index in [1.54, 1.807) is 47.9 Å². The first-order valence-corrected chi connectivity index (χ1v) is 9.99. The predicted octanol–water partition coefficient (Wildman–Crippen LogP) is 6.14. The smallest absolute Gasteiger partial charge is 0.230 e. The number of ketones is 1. The van der Waals surface area contributed by atoms with Gasteiger partial charge in [-0.15, -0.1) is 11.3 Å². The van der Waals surface area contributed by atoms with Gasteiger partial charge in [-0.25, -0.2) is 4.98 Å². The minimum Gasteiger partial charge on any atom is -0.289 e. The number of rotatable bonds is 5. The van der Waals surface area contributed by atoms with Crippen LogP contribution in [-0.4, -0.2) is 16.7 Å². The number of thiazole rings is 1. The summed E-state index contributed by atoms with van der Waals surface area (Å²) in [6, 6.07) is 14.2. The lowest BCUT2D eigenvalue weighted by molar-refractivity contribution is -0.115. The molecule has 4 nitrogen and oxygen atoms in total. The van der Waals surface area contributed by atoms with Crippen LogP contribution in [0, 0.1) is 0 Å². The Hall–Kier alpha value is -2.28. The van der Waals surface area contributed by atoms with Gasteiger partial charge in [0.1, 0.15) is 0 Å². The van der Waals surface area contributed by atoms with Crippen LogP contribution in [0.1, 0.15) is 23.0 Å². The average molecular weight is 462 g/mol. The predicted molar refractivity (Wildman–Crippen MR) is 114 cm³/mol. The summed E-state index contributed by atoms with van der Waals surface area (Å²) in [5.41, 5.74) is 1.84. The highest BCUT2D eigenvalue weighted by Gasteiger charge is 2.17. The van der Waals surface area contributed by atoms with Crippen LogP contribution >= 0.6 is 38.9 Å². The van der Waals surface area contributed by atoms with Crippen molar-refractivity contribution in [3.63, 3.8) is 0 Å². The van der Waals surface area contributed by atoms with Crippen LogP contribution in [0.25, 0.3) is 6.08 Å². The molecule has 7 heteroatoms. The van der Waals surface area contributed by atoms with Crippen molar-refractivity contribution in [3.05, 3.63) is 80.7 Å². The Morgan fingerprint density at radius 2 is 1.93 bits per heavy atom. The zero-order chi connectivity index (χ0) is 19.4. The fourth-order valence-corrected chi connectivity index (χ4v) is 3.67. The van der Waals surface area contributed by atoms with E-state index in [9.17, 15) is 9.59 Å². The Labute approximate surface area is 174 Å². The van der Waals surface area contributed by atoms with Crippen molar-refractivity contribution in [3.8, 4) is 0 Å². The summed E-state index contributed by atoms with van der Waals surface area (Å²) in [7, 11) is 0. The maximum atomic E-state index is 12.2. The van der Waals surface area contributed by atoms with Gasteiger partial charge < -0.3 is 0 Å². The van der Waals surface area contributed by atoms with Crippen molar-refractivity contribution in [1.29, 1.82) is 0 Å². The molecule has 0 saturated carbocycles. The second-order valence-corrected chi connectivity index (χ2v) is 7.78. The maximum absolute atomic E-state index is 12.2. The third-order valence-corrected chi connectivity index (χ3v) is 5.22.